The quantitative estimate of drug-likeness (QED) is 0.656. The van der Waals surface area contributed by atoms with Gasteiger partial charge >= 0.3 is 0 Å². The zero-order chi connectivity index (χ0) is 22.4. The molecule has 3 heterocycles. The fourth-order valence-electron chi connectivity index (χ4n) is 4.92. The average molecular weight is 444 g/mol. The minimum atomic E-state index is -0.361. The Balaban J connectivity index is 1.40. The molecule has 2 atom stereocenters. The fraction of sp³-hybridized carbons (Fsp3) is 0.320. The highest BCUT2D eigenvalue weighted by Gasteiger charge is 2.39. The number of benzene rings is 2. The smallest absolute Gasteiger partial charge is 0.226 e. The molecule has 1 N–H and O–H groups in total. The molecule has 2 aliphatic heterocycles. The van der Waals surface area contributed by atoms with Gasteiger partial charge in [-0.05, 0) is 47.7 Å². The van der Waals surface area contributed by atoms with E-state index in [1.54, 1.807) is 11.8 Å². The van der Waals surface area contributed by atoms with E-state index in [0.717, 1.165) is 46.7 Å². The van der Waals surface area contributed by atoms with Gasteiger partial charge in [-0.3, -0.25) is 4.79 Å². The van der Waals surface area contributed by atoms with Crippen LogP contribution in [0.4, 0.5) is 5.95 Å². The number of carbonyl (C=O) groups is 1. The lowest BCUT2D eigenvalue weighted by Crippen LogP contribution is -2.33. The number of hydrogen-bond acceptors (Lipinski definition) is 7. The number of rotatable bonds is 3. The molecule has 0 saturated carbocycles. The topological polar surface area (TPSA) is 87.5 Å². The van der Waals surface area contributed by atoms with Crippen LogP contribution in [0.3, 0.4) is 0 Å². The predicted molar refractivity (Wildman–Crippen MR) is 121 cm³/mol. The molecule has 0 spiro atoms. The number of ketones is 1. The average Bonchev–Trinajstić information content (AvgIpc) is 3.18. The normalized spacial score (nSPS) is 21.5. The van der Waals surface area contributed by atoms with Crippen molar-refractivity contribution in [3.8, 4) is 17.2 Å². The molecule has 168 valence electrons. The van der Waals surface area contributed by atoms with Crippen LogP contribution in [0.5, 0.6) is 17.2 Å². The Kier molecular flexibility index (Phi) is 4.78. The van der Waals surface area contributed by atoms with Crippen LogP contribution in [0.2, 0.25) is 0 Å². The highest BCUT2D eigenvalue weighted by Crippen LogP contribution is 2.45. The number of Topliss-reactive ketones (excluding diaryl/α,β-unsaturated/α-hetero) is 1. The summed E-state index contributed by atoms with van der Waals surface area (Å²) in [6.45, 7) is 1.24. The van der Waals surface area contributed by atoms with E-state index in [1.165, 1.54) is 6.33 Å². The van der Waals surface area contributed by atoms with Crippen LogP contribution in [0.25, 0.3) is 0 Å². The van der Waals surface area contributed by atoms with Crippen LogP contribution in [0.15, 0.2) is 60.1 Å². The molecular weight excluding hydrogens is 420 g/mol. The van der Waals surface area contributed by atoms with Crippen molar-refractivity contribution in [2.24, 2.45) is 0 Å². The van der Waals surface area contributed by atoms with Crippen molar-refractivity contribution in [2.75, 3.05) is 25.6 Å². The zero-order valence-corrected chi connectivity index (χ0v) is 18.3. The van der Waals surface area contributed by atoms with Crippen molar-refractivity contribution in [1.29, 1.82) is 0 Å². The molecule has 0 radical (unpaired) electrons. The first-order valence-corrected chi connectivity index (χ1v) is 11.2. The van der Waals surface area contributed by atoms with Gasteiger partial charge in [0, 0.05) is 24.1 Å². The van der Waals surface area contributed by atoms with Crippen LogP contribution in [-0.4, -0.2) is 40.9 Å². The fourth-order valence-corrected chi connectivity index (χ4v) is 4.92. The van der Waals surface area contributed by atoms with Gasteiger partial charge in [0.2, 0.25) is 5.95 Å². The third-order valence-electron chi connectivity index (χ3n) is 6.54. The van der Waals surface area contributed by atoms with Gasteiger partial charge < -0.3 is 19.5 Å². The number of nitrogens with one attached hydrogen (secondary N) is 1. The second-order valence-electron chi connectivity index (χ2n) is 8.51. The van der Waals surface area contributed by atoms with Crippen molar-refractivity contribution in [3.63, 3.8) is 0 Å². The van der Waals surface area contributed by atoms with E-state index in [4.69, 9.17) is 14.2 Å². The van der Waals surface area contributed by atoms with Crippen LogP contribution in [-0.2, 0) is 4.79 Å². The highest BCUT2D eigenvalue weighted by molar-refractivity contribution is 6.00. The summed E-state index contributed by atoms with van der Waals surface area (Å²) in [6, 6.07) is 13.5. The van der Waals surface area contributed by atoms with E-state index >= 15 is 0 Å². The van der Waals surface area contributed by atoms with Crippen LogP contribution >= 0.6 is 0 Å². The molecule has 2 unspecified atom stereocenters. The van der Waals surface area contributed by atoms with Crippen molar-refractivity contribution < 1.29 is 19.0 Å². The molecule has 8 heteroatoms. The van der Waals surface area contributed by atoms with Gasteiger partial charge in [-0.25, -0.2) is 4.68 Å². The first-order valence-electron chi connectivity index (χ1n) is 11.2. The number of ether oxygens (including phenoxy) is 3. The third-order valence-corrected chi connectivity index (χ3v) is 6.54. The van der Waals surface area contributed by atoms with Gasteiger partial charge in [0.05, 0.1) is 20.3 Å². The Hall–Kier alpha value is -3.81. The van der Waals surface area contributed by atoms with Gasteiger partial charge in [0.1, 0.15) is 18.1 Å². The molecule has 0 fully saturated rings. The molecule has 1 aliphatic carbocycles. The first-order chi connectivity index (χ1) is 16.2. The summed E-state index contributed by atoms with van der Waals surface area (Å²) < 4.78 is 18.8. The molecule has 6 rings (SSSR count). The largest absolute Gasteiger partial charge is 0.497 e. The summed E-state index contributed by atoms with van der Waals surface area (Å²) in [5, 5.41) is 7.81. The standard InChI is InChI=1S/C25H24N4O4/c1-31-18-6-3-15(4-7-18)17-11-19-23(20(30)12-17)24(29-25(28-19)26-14-27-29)16-5-8-21-22(13-16)33-10-2-9-32-21/h3-8,13-14,17,24H,2,9-12H2,1H3,(H,26,27,28). The lowest BCUT2D eigenvalue weighted by atomic mass is 9.78. The molecule has 8 nitrogen and oxygen atoms in total. The lowest BCUT2D eigenvalue weighted by molar-refractivity contribution is -0.116. The Morgan fingerprint density at radius 1 is 1.03 bits per heavy atom. The zero-order valence-electron chi connectivity index (χ0n) is 18.3. The third kappa shape index (κ3) is 3.42. The van der Waals surface area contributed by atoms with Crippen LogP contribution in [0, 0.1) is 0 Å². The summed E-state index contributed by atoms with van der Waals surface area (Å²) in [5.74, 6) is 3.07. The number of allylic oxidation sites excluding steroid dienone is 2. The number of methoxy groups -OCH3 is 1. The van der Waals surface area contributed by atoms with E-state index in [0.29, 0.717) is 31.3 Å². The summed E-state index contributed by atoms with van der Waals surface area (Å²) >= 11 is 0. The first kappa shape index (κ1) is 19.8. The monoisotopic (exact) mass is 444 g/mol. The molecule has 3 aromatic rings. The SMILES string of the molecule is COc1ccc(C2CC(=O)C3=C(C2)Nc2ncnn2C3c2ccc3c(c2)OCCCO3)cc1. The van der Waals surface area contributed by atoms with Gasteiger partial charge in [-0.2, -0.15) is 10.1 Å². The summed E-state index contributed by atoms with van der Waals surface area (Å²) in [7, 11) is 1.65. The van der Waals surface area contributed by atoms with E-state index < -0.39 is 0 Å². The lowest BCUT2D eigenvalue weighted by Gasteiger charge is -2.35. The Morgan fingerprint density at radius 3 is 2.64 bits per heavy atom. The molecule has 0 amide bonds. The van der Waals surface area contributed by atoms with Crippen LogP contribution < -0.4 is 19.5 Å². The summed E-state index contributed by atoms with van der Waals surface area (Å²) in [6.07, 6.45) is 3.52. The van der Waals surface area contributed by atoms with E-state index in [1.807, 2.05) is 42.5 Å². The molecule has 1 aromatic heterocycles. The van der Waals surface area contributed by atoms with Gasteiger partial charge in [0.15, 0.2) is 17.3 Å². The Morgan fingerprint density at radius 2 is 1.82 bits per heavy atom. The van der Waals surface area contributed by atoms with E-state index in [-0.39, 0.29) is 17.7 Å². The number of hydrogen-bond donors (Lipinski definition) is 1. The number of aromatic nitrogens is 3. The molecule has 0 bridgehead atoms. The Labute approximate surface area is 191 Å². The minimum absolute atomic E-state index is 0.0913. The maximum atomic E-state index is 13.6. The van der Waals surface area contributed by atoms with E-state index in [9.17, 15) is 4.79 Å². The van der Waals surface area contributed by atoms with Crippen LogP contribution in [0.1, 0.15) is 42.3 Å². The molecule has 0 saturated heterocycles. The number of carbonyl (C=O) groups excluding carboxylic acids is 1. The summed E-state index contributed by atoms with van der Waals surface area (Å²) in [5.41, 5.74) is 3.70. The molecular formula is C25H24N4O4. The van der Waals surface area contributed by atoms with Crippen molar-refractivity contribution in [1.82, 2.24) is 14.8 Å². The second kappa shape index (κ2) is 7.95. The molecule has 3 aliphatic rings. The van der Waals surface area contributed by atoms with Crippen molar-refractivity contribution in [2.45, 2.75) is 31.2 Å². The minimum Gasteiger partial charge on any atom is -0.497 e. The maximum Gasteiger partial charge on any atom is 0.226 e. The number of nitrogens with zero attached hydrogens (tertiary/aromatic N) is 3. The van der Waals surface area contributed by atoms with Crippen molar-refractivity contribution in [3.05, 3.63) is 71.2 Å². The Bertz CT molecular complexity index is 1250. The van der Waals surface area contributed by atoms with Crippen molar-refractivity contribution >= 4 is 11.7 Å². The summed E-state index contributed by atoms with van der Waals surface area (Å²) in [4.78, 5) is 17.9. The van der Waals surface area contributed by atoms with Gasteiger partial charge in [0.25, 0.3) is 0 Å². The second-order valence-corrected chi connectivity index (χ2v) is 8.51. The van der Waals surface area contributed by atoms with E-state index in [2.05, 4.69) is 15.4 Å². The molecule has 2 aromatic carbocycles. The van der Waals surface area contributed by atoms with Gasteiger partial charge in [-0.15, -0.1) is 0 Å². The highest BCUT2D eigenvalue weighted by atomic mass is 16.5. The number of anilines is 1. The molecule has 33 heavy (non-hydrogen) atoms. The van der Waals surface area contributed by atoms with Gasteiger partial charge in [-0.1, -0.05) is 18.2 Å². The maximum absolute atomic E-state index is 13.6. The number of fused-ring (bicyclic) bond motifs is 2. The predicted octanol–water partition coefficient (Wildman–Crippen LogP) is 3.86.